The van der Waals surface area contributed by atoms with Crippen molar-refractivity contribution >= 4 is 5.97 Å². The highest BCUT2D eigenvalue weighted by Gasteiger charge is 2.12. The van der Waals surface area contributed by atoms with Crippen molar-refractivity contribution in [3.63, 3.8) is 0 Å². The molecule has 0 aliphatic rings. The largest absolute Gasteiger partial charge is 0.466 e. The summed E-state index contributed by atoms with van der Waals surface area (Å²) in [6, 6.07) is 0.527. The molecule has 0 aliphatic carbocycles. The summed E-state index contributed by atoms with van der Waals surface area (Å²) in [4.78, 5) is 13.4. The third-order valence-electron chi connectivity index (χ3n) is 2.54. The van der Waals surface area contributed by atoms with Crippen LogP contribution in [0, 0.1) is 5.92 Å². The van der Waals surface area contributed by atoms with Gasteiger partial charge in [-0.2, -0.15) is 0 Å². The summed E-state index contributed by atoms with van der Waals surface area (Å²) in [5.74, 6) is 0.603. The number of nitrogens with zero attached hydrogens (tertiary/aromatic N) is 1. The van der Waals surface area contributed by atoms with Crippen LogP contribution >= 0.6 is 0 Å². The summed E-state index contributed by atoms with van der Waals surface area (Å²) in [7, 11) is 2.06. The molecule has 0 saturated heterocycles. The van der Waals surface area contributed by atoms with Crippen LogP contribution in [-0.2, 0) is 9.53 Å². The van der Waals surface area contributed by atoms with E-state index in [0.717, 1.165) is 6.54 Å². The van der Waals surface area contributed by atoms with E-state index in [4.69, 9.17) is 4.74 Å². The van der Waals surface area contributed by atoms with E-state index in [1.165, 1.54) is 6.42 Å². The standard InChI is InChI=1S/C12H25NO2/c1-6-15-12(14)7-8-13(5)11(4)9-10(2)3/h10-11H,6-9H2,1-5H3. The number of hydrogen-bond acceptors (Lipinski definition) is 3. The van der Waals surface area contributed by atoms with E-state index in [1.54, 1.807) is 0 Å². The Kier molecular flexibility index (Phi) is 7.39. The first-order valence-electron chi connectivity index (χ1n) is 5.83. The highest BCUT2D eigenvalue weighted by atomic mass is 16.5. The molecule has 0 heterocycles. The van der Waals surface area contributed by atoms with E-state index in [-0.39, 0.29) is 5.97 Å². The second kappa shape index (κ2) is 7.69. The zero-order chi connectivity index (χ0) is 11.8. The van der Waals surface area contributed by atoms with Crippen LogP contribution in [0.4, 0.5) is 0 Å². The topological polar surface area (TPSA) is 29.5 Å². The van der Waals surface area contributed by atoms with Crippen LogP contribution < -0.4 is 0 Å². The fraction of sp³-hybridized carbons (Fsp3) is 0.917. The van der Waals surface area contributed by atoms with E-state index in [0.29, 0.717) is 25.0 Å². The number of hydrogen-bond donors (Lipinski definition) is 0. The number of carbonyl (C=O) groups is 1. The molecular weight excluding hydrogens is 190 g/mol. The molecule has 0 saturated carbocycles. The lowest BCUT2D eigenvalue weighted by Crippen LogP contribution is -2.32. The molecule has 0 N–H and O–H groups in total. The average Bonchev–Trinajstić information content (AvgIpc) is 2.13. The van der Waals surface area contributed by atoms with E-state index in [1.807, 2.05) is 6.92 Å². The second-order valence-electron chi connectivity index (χ2n) is 4.51. The highest BCUT2D eigenvalue weighted by molar-refractivity contribution is 5.69. The Hall–Kier alpha value is -0.570. The molecule has 0 aromatic heterocycles. The molecule has 0 bridgehead atoms. The van der Waals surface area contributed by atoms with Gasteiger partial charge in [0, 0.05) is 12.6 Å². The smallest absolute Gasteiger partial charge is 0.307 e. The minimum absolute atomic E-state index is 0.0962. The minimum atomic E-state index is -0.0962. The summed E-state index contributed by atoms with van der Waals surface area (Å²) in [6.45, 7) is 9.73. The second-order valence-corrected chi connectivity index (χ2v) is 4.51. The predicted molar refractivity (Wildman–Crippen MR) is 62.8 cm³/mol. The number of rotatable bonds is 7. The van der Waals surface area contributed by atoms with Gasteiger partial charge in [0.1, 0.15) is 0 Å². The quantitative estimate of drug-likeness (QED) is 0.610. The minimum Gasteiger partial charge on any atom is -0.466 e. The molecule has 3 nitrogen and oxygen atoms in total. The normalized spacial score (nSPS) is 13.3. The molecule has 1 unspecified atom stereocenters. The molecule has 1 atom stereocenters. The number of esters is 1. The summed E-state index contributed by atoms with van der Waals surface area (Å²) in [6.07, 6.45) is 1.66. The van der Waals surface area contributed by atoms with Gasteiger partial charge in [-0.1, -0.05) is 13.8 Å². The highest BCUT2D eigenvalue weighted by Crippen LogP contribution is 2.09. The summed E-state index contributed by atoms with van der Waals surface area (Å²) < 4.78 is 4.89. The molecule has 0 aromatic rings. The zero-order valence-electron chi connectivity index (χ0n) is 10.7. The molecule has 15 heavy (non-hydrogen) atoms. The Morgan fingerprint density at radius 1 is 1.33 bits per heavy atom. The Bertz CT molecular complexity index is 180. The lowest BCUT2D eigenvalue weighted by molar-refractivity contribution is -0.143. The van der Waals surface area contributed by atoms with E-state index in [2.05, 4.69) is 32.7 Å². The van der Waals surface area contributed by atoms with Gasteiger partial charge in [0.05, 0.1) is 13.0 Å². The van der Waals surface area contributed by atoms with Crippen molar-refractivity contribution < 1.29 is 9.53 Å². The fourth-order valence-corrected chi connectivity index (χ4v) is 1.58. The van der Waals surface area contributed by atoms with Crippen LogP contribution in [0.3, 0.4) is 0 Å². The first-order chi connectivity index (χ1) is 6.97. The third kappa shape index (κ3) is 7.37. The molecule has 0 fully saturated rings. The number of carbonyl (C=O) groups excluding carboxylic acids is 1. The van der Waals surface area contributed by atoms with Gasteiger partial charge in [0.25, 0.3) is 0 Å². The van der Waals surface area contributed by atoms with Crippen LogP contribution in [0.2, 0.25) is 0 Å². The van der Waals surface area contributed by atoms with E-state index in [9.17, 15) is 4.79 Å². The predicted octanol–water partition coefficient (Wildman–Crippen LogP) is 2.31. The monoisotopic (exact) mass is 215 g/mol. The lowest BCUT2D eigenvalue weighted by atomic mass is 10.0. The van der Waals surface area contributed by atoms with Crippen molar-refractivity contribution in [3.05, 3.63) is 0 Å². The molecule has 0 radical (unpaired) electrons. The van der Waals surface area contributed by atoms with Crippen molar-refractivity contribution in [3.8, 4) is 0 Å². The summed E-state index contributed by atoms with van der Waals surface area (Å²) in [5, 5.41) is 0. The third-order valence-corrected chi connectivity index (χ3v) is 2.54. The maximum atomic E-state index is 11.1. The van der Waals surface area contributed by atoms with Gasteiger partial charge in [-0.25, -0.2) is 0 Å². The summed E-state index contributed by atoms with van der Waals surface area (Å²) in [5.41, 5.74) is 0. The van der Waals surface area contributed by atoms with Gasteiger partial charge in [-0.15, -0.1) is 0 Å². The Balaban J connectivity index is 3.72. The van der Waals surface area contributed by atoms with Gasteiger partial charge >= 0.3 is 5.97 Å². The van der Waals surface area contributed by atoms with Crippen LogP contribution in [0.15, 0.2) is 0 Å². The van der Waals surface area contributed by atoms with Gasteiger partial charge in [-0.3, -0.25) is 4.79 Å². The van der Waals surface area contributed by atoms with Crippen LogP contribution in [0.1, 0.15) is 40.5 Å². The summed E-state index contributed by atoms with van der Waals surface area (Å²) >= 11 is 0. The van der Waals surface area contributed by atoms with Crippen LogP contribution in [0.25, 0.3) is 0 Å². The van der Waals surface area contributed by atoms with E-state index < -0.39 is 0 Å². The first-order valence-corrected chi connectivity index (χ1v) is 5.83. The molecule has 0 spiro atoms. The maximum Gasteiger partial charge on any atom is 0.307 e. The van der Waals surface area contributed by atoms with Gasteiger partial charge in [0.15, 0.2) is 0 Å². The van der Waals surface area contributed by atoms with Gasteiger partial charge in [-0.05, 0) is 33.2 Å². The zero-order valence-corrected chi connectivity index (χ0v) is 10.7. The molecule has 0 aromatic carbocycles. The molecule has 90 valence electrons. The van der Waals surface area contributed by atoms with Gasteiger partial charge in [0.2, 0.25) is 0 Å². The first kappa shape index (κ1) is 14.4. The van der Waals surface area contributed by atoms with Crippen molar-refractivity contribution in [2.75, 3.05) is 20.2 Å². The Morgan fingerprint density at radius 2 is 1.93 bits per heavy atom. The molecular formula is C12H25NO2. The van der Waals surface area contributed by atoms with E-state index >= 15 is 0 Å². The van der Waals surface area contributed by atoms with Crippen molar-refractivity contribution in [1.82, 2.24) is 4.90 Å². The van der Waals surface area contributed by atoms with Crippen molar-refractivity contribution in [1.29, 1.82) is 0 Å². The maximum absolute atomic E-state index is 11.1. The van der Waals surface area contributed by atoms with Crippen LogP contribution in [-0.4, -0.2) is 37.1 Å². The Labute approximate surface area is 93.8 Å². The van der Waals surface area contributed by atoms with Crippen molar-refractivity contribution in [2.24, 2.45) is 5.92 Å². The fourth-order valence-electron chi connectivity index (χ4n) is 1.58. The van der Waals surface area contributed by atoms with Crippen LogP contribution in [0.5, 0.6) is 0 Å². The lowest BCUT2D eigenvalue weighted by Gasteiger charge is -2.25. The van der Waals surface area contributed by atoms with Crippen molar-refractivity contribution in [2.45, 2.75) is 46.6 Å². The Morgan fingerprint density at radius 3 is 2.40 bits per heavy atom. The SMILES string of the molecule is CCOC(=O)CCN(C)C(C)CC(C)C. The average molecular weight is 215 g/mol. The number of ether oxygens (including phenoxy) is 1. The molecule has 0 rings (SSSR count). The molecule has 0 amide bonds. The van der Waals surface area contributed by atoms with Gasteiger partial charge < -0.3 is 9.64 Å². The molecule has 3 heteroatoms. The molecule has 0 aliphatic heterocycles.